The third kappa shape index (κ3) is 66.7. The fraction of sp³-hybridized carbons (Fsp3) is 0.905. The van der Waals surface area contributed by atoms with E-state index in [-0.39, 0.29) is 31.1 Å². The van der Waals surface area contributed by atoms with Gasteiger partial charge in [0.1, 0.15) is 13.2 Å². The molecular formula is C74H140O6. The predicted octanol–water partition coefficient (Wildman–Crippen LogP) is 25.0. The van der Waals surface area contributed by atoms with Crippen LogP contribution in [0.25, 0.3) is 0 Å². The standard InChI is InChI=1S/C74H140O6/c1-4-7-10-13-16-19-22-24-26-28-30-32-34-35-36-37-38-39-41-42-44-46-48-50-52-55-58-61-64-67-73(76)79-70-71(69-78-72(75)66-63-60-57-54-21-18-15-12-9-6-3)80-74(77)68-65-62-59-56-53-51-49-47-45-43-40-33-31-29-27-25-23-20-17-14-11-8-5-2/h23,25,29,31,71H,4-22,24,26-28,30,32-70H2,1-3H3/b25-23-,31-29-. The average Bonchev–Trinajstić information content (AvgIpc) is 3.46. The first-order chi connectivity index (χ1) is 39.5. The maximum atomic E-state index is 12.9. The van der Waals surface area contributed by atoms with Gasteiger partial charge in [0.15, 0.2) is 6.10 Å². The number of ether oxygens (including phenoxy) is 3. The van der Waals surface area contributed by atoms with Gasteiger partial charge in [0.05, 0.1) is 0 Å². The van der Waals surface area contributed by atoms with Crippen LogP contribution < -0.4 is 0 Å². The second-order valence-corrected chi connectivity index (χ2v) is 24.9. The van der Waals surface area contributed by atoms with Crippen molar-refractivity contribution in [3.05, 3.63) is 24.3 Å². The Morgan fingerprint density at radius 3 is 0.688 bits per heavy atom. The van der Waals surface area contributed by atoms with E-state index in [9.17, 15) is 14.4 Å². The summed E-state index contributed by atoms with van der Waals surface area (Å²) in [6.45, 7) is 6.70. The minimum Gasteiger partial charge on any atom is -0.462 e. The van der Waals surface area contributed by atoms with E-state index in [1.165, 1.54) is 308 Å². The summed E-state index contributed by atoms with van der Waals surface area (Å²) in [7, 11) is 0. The summed E-state index contributed by atoms with van der Waals surface area (Å²) in [5, 5.41) is 0. The van der Waals surface area contributed by atoms with Gasteiger partial charge in [-0.1, -0.05) is 366 Å². The minimum absolute atomic E-state index is 0.0655. The van der Waals surface area contributed by atoms with Crippen LogP contribution in [-0.4, -0.2) is 37.2 Å². The average molecular weight is 1130 g/mol. The van der Waals surface area contributed by atoms with Gasteiger partial charge in [-0.3, -0.25) is 14.4 Å². The molecule has 0 rings (SSSR count). The highest BCUT2D eigenvalue weighted by Gasteiger charge is 2.19. The first kappa shape index (κ1) is 77.9. The molecule has 0 aliphatic carbocycles. The lowest BCUT2D eigenvalue weighted by Gasteiger charge is -2.18. The lowest BCUT2D eigenvalue weighted by molar-refractivity contribution is -0.167. The maximum absolute atomic E-state index is 12.9. The molecule has 1 unspecified atom stereocenters. The van der Waals surface area contributed by atoms with Crippen molar-refractivity contribution in [2.75, 3.05) is 13.2 Å². The lowest BCUT2D eigenvalue weighted by Crippen LogP contribution is -2.30. The van der Waals surface area contributed by atoms with Gasteiger partial charge in [-0.05, 0) is 51.4 Å². The van der Waals surface area contributed by atoms with Crippen LogP contribution in [0.3, 0.4) is 0 Å². The van der Waals surface area contributed by atoms with Crippen molar-refractivity contribution < 1.29 is 28.6 Å². The predicted molar refractivity (Wildman–Crippen MR) is 349 cm³/mol. The Bertz CT molecular complexity index is 1290. The first-order valence-corrected chi connectivity index (χ1v) is 36.3. The summed E-state index contributed by atoms with van der Waals surface area (Å²) >= 11 is 0. The van der Waals surface area contributed by atoms with Crippen molar-refractivity contribution >= 4 is 17.9 Å². The van der Waals surface area contributed by atoms with E-state index >= 15 is 0 Å². The van der Waals surface area contributed by atoms with Gasteiger partial charge in [0.2, 0.25) is 0 Å². The molecule has 80 heavy (non-hydrogen) atoms. The number of carbonyl (C=O) groups is 3. The minimum atomic E-state index is -0.768. The fourth-order valence-electron chi connectivity index (χ4n) is 11.2. The lowest BCUT2D eigenvalue weighted by atomic mass is 10.0. The van der Waals surface area contributed by atoms with E-state index in [0.717, 1.165) is 64.2 Å². The van der Waals surface area contributed by atoms with Crippen LogP contribution in [0.2, 0.25) is 0 Å². The Morgan fingerprint density at radius 1 is 0.250 bits per heavy atom. The van der Waals surface area contributed by atoms with Crippen LogP contribution in [0.15, 0.2) is 24.3 Å². The second kappa shape index (κ2) is 69.4. The van der Waals surface area contributed by atoms with Crippen molar-refractivity contribution in [2.24, 2.45) is 0 Å². The van der Waals surface area contributed by atoms with E-state index in [1.54, 1.807) is 0 Å². The number of hydrogen-bond acceptors (Lipinski definition) is 6. The van der Waals surface area contributed by atoms with Crippen LogP contribution in [0.1, 0.15) is 412 Å². The van der Waals surface area contributed by atoms with Gasteiger partial charge in [0, 0.05) is 19.3 Å². The zero-order valence-corrected chi connectivity index (χ0v) is 54.4. The summed E-state index contributed by atoms with van der Waals surface area (Å²) < 4.78 is 17.0. The van der Waals surface area contributed by atoms with Crippen LogP contribution in [0, 0.1) is 0 Å². The maximum Gasteiger partial charge on any atom is 0.306 e. The number of hydrogen-bond donors (Lipinski definition) is 0. The topological polar surface area (TPSA) is 78.9 Å². The molecular weight excluding hydrogens is 985 g/mol. The van der Waals surface area contributed by atoms with Crippen molar-refractivity contribution in [2.45, 2.75) is 419 Å². The smallest absolute Gasteiger partial charge is 0.306 e. The summed E-state index contributed by atoms with van der Waals surface area (Å²) in [4.78, 5) is 38.3. The van der Waals surface area contributed by atoms with E-state index in [4.69, 9.17) is 14.2 Å². The van der Waals surface area contributed by atoms with Gasteiger partial charge < -0.3 is 14.2 Å². The van der Waals surface area contributed by atoms with Crippen molar-refractivity contribution in [3.63, 3.8) is 0 Å². The second-order valence-electron chi connectivity index (χ2n) is 24.9. The molecule has 0 aromatic carbocycles. The van der Waals surface area contributed by atoms with Crippen LogP contribution in [-0.2, 0) is 28.6 Å². The van der Waals surface area contributed by atoms with Gasteiger partial charge in [-0.15, -0.1) is 0 Å². The summed E-state index contributed by atoms with van der Waals surface area (Å²) in [5.74, 6) is -0.838. The molecule has 6 heteroatoms. The summed E-state index contributed by atoms with van der Waals surface area (Å²) in [6, 6.07) is 0. The molecule has 0 aliphatic rings. The quantitative estimate of drug-likeness (QED) is 0.0261. The molecule has 0 aromatic heterocycles. The summed E-state index contributed by atoms with van der Waals surface area (Å²) in [5.41, 5.74) is 0. The van der Waals surface area contributed by atoms with Gasteiger partial charge in [-0.2, -0.15) is 0 Å². The Balaban J connectivity index is 4.10. The van der Waals surface area contributed by atoms with E-state index in [1.807, 2.05) is 0 Å². The molecule has 0 aromatic rings. The molecule has 0 radical (unpaired) electrons. The molecule has 0 N–H and O–H groups in total. The molecule has 0 saturated carbocycles. The molecule has 0 heterocycles. The third-order valence-corrected chi connectivity index (χ3v) is 16.7. The molecule has 0 bridgehead atoms. The zero-order valence-electron chi connectivity index (χ0n) is 54.4. The Morgan fingerprint density at radius 2 is 0.450 bits per heavy atom. The first-order valence-electron chi connectivity index (χ1n) is 36.3. The molecule has 0 aliphatic heterocycles. The van der Waals surface area contributed by atoms with Crippen LogP contribution in [0.5, 0.6) is 0 Å². The summed E-state index contributed by atoms with van der Waals surface area (Å²) in [6.07, 6.45) is 85.2. The third-order valence-electron chi connectivity index (χ3n) is 16.7. The molecule has 0 saturated heterocycles. The number of rotatable bonds is 68. The van der Waals surface area contributed by atoms with Crippen molar-refractivity contribution in [3.8, 4) is 0 Å². The van der Waals surface area contributed by atoms with Gasteiger partial charge >= 0.3 is 17.9 Å². The van der Waals surface area contributed by atoms with E-state index in [2.05, 4.69) is 45.1 Å². The molecule has 0 amide bonds. The Labute approximate surface area is 500 Å². The van der Waals surface area contributed by atoms with Crippen LogP contribution >= 0.6 is 0 Å². The molecule has 1 atom stereocenters. The van der Waals surface area contributed by atoms with Gasteiger partial charge in [0.25, 0.3) is 0 Å². The molecule has 0 fully saturated rings. The normalized spacial score (nSPS) is 12.1. The monoisotopic (exact) mass is 1130 g/mol. The highest BCUT2D eigenvalue weighted by atomic mass is 16.6. The van der Waals surface area contributed by atoms with E-state index in [0.29, 0.717) is 19.3 Å². The Kier molecular flexibility index (Phi) is 67.6. The zero-order chi connectivity index (χ0) is 57.8. The fourth-order valence-corrected chi connectivity index (χ4v) is 11.2. The number of allylic oxidation sites excluding steroid dienone is 4. The molecule has 0 spiro atoms. The van der Waals surface area contributed by atoms with Gasteiger partial charge in [-0.25, -0.2) is 0 Å². The van der Waals surface area contributed by atoms with Crippen molar-refractivity contribution in [1.29, 1.82) is 0 Å². The molecule has 6 nitrogen and oxygen atoms in total. The highest BCUT2D eigenvalue weighted by molar-refractivity contribution is 5.71. The highest BCUT2D eigenvalue weighted by Crippen LogP contribution is 2.19. The largest absolute Gasteiger partial charge is 0.462 e. The molecule has 472 valence electrons. The van der Waals surface area contributed by atoms with Crippen LogP contribution in [0.4, 0.5) is 0 Å². The van der Waals surface area contributed by atoms with E-state index < -0.39 is 6.10 Å². The number of unbranched alkanes of at least 4 members (excludes halogenated alkanes) is 53. The Hall–Kier alpha value is -2.11. The SMILES string of the molecule is CCCCCCC/C=C\C/C=C\CCCCCCCCCCCCCC(=O)OC(COC(=O)CCCCCCCCCCCC)COC(=O)CCCCCCCCCCCCCCCCCCCCCCCCCCCCCCC. The van der Waals surface area contributed by atoms with Crippen molar-refractivity contribution in [1.82, 2.24) is 0 Å². The number of carbonyl (C=O) groups excluding carboxylic acids is 3. The number of esters is 3.